The third-order valence-electron chi connectivity index (χ3n) is 8.54. The van der Waals surface area contributed by atoms with Crippen LogP contribution in [0.4, 0.5) is 0 Å². The molecule has 0 amide bonds. The summed E-state index contributed by atoms with van der Waals surface area (Å²) in [5, 5.41) is 10.7. The van der Waals surface area contributed by atoms with Gasteiger partial charge in [0.2, 0.25) is 0 Å². The highest BCUT2D eigenvalue weighted by molar-refractivity contribution is 5.98. The molecule has 0 aliphatic carbocycles. The number of aliphatic hydroxyl groups excluding tert-OH is 1. The maximum Gasteiger partial charge on any atom is 0.339 e. The van der Waals surface area contributed by atoms with E-state index in [9.17, 15) is 14.7 Å². The van der Waals surface area contributed by atoms with Crippen LogP contribution in [0.15, 0.2) is 103 Å². The van der Waals surface area contributed by atoms with Crippen LogP contribution in [0.1, 0.15) is 105 Å². The van der Waals surface area contributed by atoms with E-state index in [-0.39, 0.29) is 18.5 Å². The van der Waals surface area contributed by atoms with Crippen molar-refractivity contribution in [3.8, 4) is 22.3 Å². The molecule has 51 heavy (non-hydrogen) atoms. The molecule has 0 radical (unpaired) electrons. The molecule has 5 rings (SSSR count). The number of rotatable bonds is 12. The molecule has 0 bridgehead atoms. The van der Waals surface area contributed by atoms with Crippen molar-refractivity contribution in [2.75, 3.05) is 0 Å². The smallest absolute Gasteiger partial charge is 0.339 e. The summed E-state index contributed by atoms with van der Waals surface area (Å²) >= 11 is 0. The Morgan fingerprint density at radius 3 is 1.61 bits per heavy atom. The fourth-order valence-electron chi connectivity index (χ4n) is 6.16. The van der Waals surface area contributed by atoms with Gasteiger partial charge in [0.1, 0.15) is 42.8 Å². The quantitative estimate of drug-likeness (QED) is 0.105. The molecule has 0 fully saturated rings. The topological polar surface area (TPSA) is 81.6 Å². The van der Waals surface area contributed by atoms with Crippen LogP contribution in [0.25, 0.3) is 22.3 Å². The van der Waals surface area contributed by atoms with E-state index < -0.39 is 11.2 Å². The third-order valence-corrected chi connectivity index (χ3v) is 8.54. The number of hydrogen-bond acceptors (Lipinski definition) is 5. The summed E-state index contributed by atoms with van der Waals surface area (Å²) in [5.74, 6) is 0.152. The van der Waals surface area contributed by atoms with Crippen molar-refractivity contribution in [3.63, 3.8) is 0 Å². The fraction of sp³-hybridized carbons (Fsp3) is 0.341. The van der Waals surface area contributed by atoms with E-state index in [1.807, 2.05) is 102 Å². The van der Waals surface area contributed by atoms with Gasteiger partial charge in [-0.15, -0.1) is 0 Å². The minimum absolute atomic E-state index is 0.102. The summed E-state index contributed by atoms with van der Waals surface area (Å²) in [6, 6.07) is 31.6. The van der Waals surface area contributed by atoms with Gasteiger partial charge in [0, 0.05) is 6.42 Å². The first-order valence-corrected chi connectivity index (χ1v) is 17.8. The van der Waals surface area contributed by atoms with E-state index in [0.29, 0.717) is 24.2 Å². The van der Waals surface area contributed by atoms with Crippen LogP contribution in [0.3, 0.4) is 0 Å². The van der Waals surface area contributed by atoms with Crippen molar-refractivity contribution in [1.82, 2.24) is 4.57 Å². The standard InChI is InChI=1S/C44H51N2O5/c1-8-9-14-35-29-45(27-31-19-23-33(24-20-31)36-15-10-12-17-38(36)41(48)50-43(2,3)4)40(30-47)46(35)28-32-21-25-34(26-22-32)37-16-11-13-18-39(37)42(49)51-44(5,6)7/h10-13,15-26,29,47H,8-9,14,27-28,30H2,1-7H3/q+1. The molecule has 1 N–H and O–H groups in total. The molecule has 0 unspecified atom stereocenters. The lowest BCUT2D eigenvalue weighted by molar-refractivity contribution is -0.697. The Bertz CT molecular complexity index is 1960. The number of carbonyl (C=O) groups excluding carboxylic acids is 2. The van der Waals surface area contributed by atoms with Crippen LogP contribution in [0, 0.1) is 0 Å². The monoisotopic (exact) mass is 687 g/mol. The lowest BCUT2D eigenvalue weighted by atomic mass is 9.98. The first kappa shape index (κ1) is 37.3. The van der Waals surface area contributed by atoms with E-state index in [4.69, 9.17) is 9.47 Å². The highest BCUT2D eigenvalue weighted by Gasteiger charge is 2.25. The zero-order valence-electron chi connectivity index (χ0n) is 31.0. The Morgan fingerprint density at radius 1 is 0.686 bits per heavy atom. The van der Waals surface area contributed by atoms with Crippen LogP contribution in [-0.2, 0) is 35.6 Å². The van der Waals surface area contributed by atoms with E-state index in [1.165, 1.54) is 5.69 Å². The van der Waals surface area contributed by atoms with Crippen molar-refractivity contribution in [1.29, 1.82) is 0 Å². The Kier molecular flexibility index (Phi) is 11.6. The number of carbonyl (C=O) groups is 2. The number of nitrogens with zero attached hydrogens (tertiary/aromatic N) is 2. The second-order valence-corrected chi connectivity index (χ2v) is 15.0. The maximum atomic E-state index is 13.0. The number of ether oxygens (including phenoxy) is 2. The molecule has 7 nitrogen and oxygen atoms in total. The summed E-state index contributed by atoms with van der Waals surface area (Å²) in [6.45, 7) is 14.5. The van der Waals surface area contributed by atoms with Gasteiger partial charge in [-0.25, -0.2) is 18.7 Å². The summed E-state index contributed by atoms with van der Waals surface area (Å²) in [5.41, 5.74) is 6.79. The van der Waals surface area contributed by atoms with Crippen LogP contribution >= 0.6 is 0 Å². The first-order valence-electron chi connectivity index (χ1n) is 17.8. The average molecular weight is 688 g/mol. The second-order valence-electron chi connectivity index (χ2n) is 15.0. The third kappa shape index (κ3) is 9.62. The van der Waals surface area contributed by atoms with Crippen molar-refractivity contribution >= 4 is 11.9 Å². The molecular formula is C44H51N2O5+. The highest BCUT2D eigenvalue weighted by atomic mass is 16.6. The number of aliphatic hydroxyl groups is 1. The van der Waals surface area contributed by atoms with Crippen LogP contribution in [0.5, 0.6) is 0 Å². The largest absolute Gasteiger partial charge is 0.456 e. The number of esters is 2. The normalized spacial score (nSPS) is 11.8. The second kappa shape index (κ2) is 15.9. The molecular weight excluding hydrogens is 636 g/mol. The minimum atomic E-state index is -0.583. The number of unbranched alkanes of at least 4 members (excludes halogenated alkanes) is 1. The number of aryl methyl sites for hydroxylation is 1. The number of hydrogen-bond donors (Lipinski definition) is 1. The van der Waals surface area contributed by atoms with Gasteiger partial charge in [0.05, 0.1) is 11.1 Å². The van der Waals surface area contributed by atoms with Crippen LogP contribution < -0.4 is 4.57 Å². The van der Waals surface area contributed by atoms with Gasteiger partial charge >= 0.3 is 11.9 Å². The summed E-state index contributed by atoms with van der Waals surface area (Å²) in [6.07, 6.45) is 5.18. The van der Waals surface area contributed by atoms with E-state index in [2.05, 4.69) is 46.5 Å². The SMILES string of the molecule is CCCCc1c[n+](Cc2ccc(-c3ccccc3C(=O)OC(C)(C)C)cc2)c(CO)n1Cc1ccc(-c2ccccc2C(=O)OC(C)(C)C)cc1. The van der Waals surface area contributed by atoms with Gasteiger partial charge in [-0.05, 0) is 93.5 Å². The van der Waals surface area contributed by atoms with Crippen molar-refractivity contribution in [3.05, 3.63) is 137 Å². The average Bonchev–Trinajstić information content (AvgIpc) is 3.41. The Balaban J connectivity index is 1.39. The lowest BCUT2D eigenvalue weighted by Gasteiger charge is -2.20. The molecule has 0 atom stereocenters. The number of imidazole rings is 1. The van der Waals surface area contributed by atoms with Gasteiger partial charge in [0.25, 0.3) is 5.82 Å². The highest BCUT2D eigenvalue weighted by Crippen LogP contribution is 2.28. The first-order chi connectivity index (χ1) is 24.3. The molecule has 1 aromatic heterocycles. The molecule has 266 valence electrons. The molecule has 0 aliphatic rings. The maximum absolute atomic E-state index is 13.0. The van der Waals surface area contributed by atoms with Gasteiger partial charge in [-0.3, -0.25) is 0 Å². The predicted octanol–water partition coefficient (Wildman–Crippen LogP) is 8.95. The molecule has 5 aromatic rings. The summed E-state index contributed by atoms with van der Waals surface area (Å²) in [7, 11) is 0. The van der Waals surface area contributed by atoms with Gasteiger partial charge in [0.15, 0.2) is 0 Å². The lowest BCUT2D eigenvalue weighted by Crippen LogP contribution is -2.37. The van der Waals surface area contributed by atoms with Crippen molar-refractivity contribution in [2.45, 2.75) is 98.6 Å². The van der Waals surface area contributed by atoms with E-state index >= 15 is 0 Å². The molecule has 7 heteroatoms. The molecule has 0 spiro atoms. The summed E-state index contributed by atoms with van der Waals surface area (Å²) < 4.78 is 15.7. The number of benzene rings is 4. The minimum Gasteiger partial charge on any atom is -0.456 e. The van der Waals surface area contributed by atoms with Crippen LogP contribution in [-0.4, -0.2) is 32.8 Å². The molecule has 4 aromatic carbocycles. The molecule has 1 heterocycles. The fourth-order valence-corrected chi connectivity index (χ4v) is 6.16. The van der Waals surface area contributed by atoms with Gasteiger partial charge < -0.3 is 14.6 Å². The van der Waals surface area contributed by atoms with Crippen molar-refractivity contribution < 1.29 is 28.7 Å². The van der Waals surface area contributed by atoms with Gasteiger partial charge in [-0.1, -0.05) is 98.3 Å². The summed E-state index contributed by atoms with van der Waals surface area (Å²) in [4.78, 5) is 25.9. The molecule has 0 saturated carbocycles. The Labute approximate surface area is 302 Å². The predicted molar refractivity (Wildman–Crippen MR) is 201 cm³/mol. The Morgan fingerprint density at radius 2 is 1.16 bits per heavy atom. The van der Waals surface area contributed by atoms with Crippen LogP contribution in [0.2, 0.25) is 0 Å². The zero-order valence-corrected chi connectivity index (χ0v) is 31.0. The van der Waals surface area contributed by atoms with E-state index in [0.717, 1.165) is 58.5 Å². The number of aromatic nitrogens is 2. The molecule has 0 aliphatic heterocycles. The van der Waals surface area contributed by atoms with Gasteiger partial charge in [-0.2, -0.15) is 0 Å². The van der Waals surface area contributed by atoms with Crippen molar-refractivity contribution in [2.24, 2.45) is 0 Å². The zero-order chi connectivity index (χ0) is 36.8. The molecule has 0 saturated heterocycles. The van der Waals surface area contributed by atoms with E-state index in [1.54, 1.807) is 12.1 Å². The Hall–Kier alpha value is -5.01.